The Morgan fingerprint density at radius 1 is 0.292 bits per heavy atom. The van der Waals surface area contributed by atoms with Gasteiger partial charge in [-0.25, -0.2) is 0 Å². The molecule has 0 fully saturated rings. The molecule has 0 heterocycles. The van der Waals surface area contributed by atoms with Gasteiger partial charge < -0.3 is 14.2 Å². The van der Waals surface area contributed by atoms with Crippen molar-refractivity contribution in [2.24, 2.45) is 0 Å². The molecule has 0 bridgehead atoms. The molecule has 0 aliphatic carbocycles. The number of esters is 3. The van der Waals surface area contributed by atoms with Gasteiger partial charge in [-0.05, 0) is 122 Å². The molecule has 0 aromatic heterocycles. The van der Waals surface area contributed by atoms with Crippen molar-refractivity contribution in [2.45, 2.75) is 277 Å². The number of ether oxygens (including phenoxy) is 3. The molecule has 0 aromatic carbocycles. The SMILES string of the molecule is CC/C=C\C/C=C\C/C=C\C/C=C\C/C=C\CCCCCC(=O)OC(COC(=O)CCCCCCC/C=C\CCC)COC(=O)CCCCCCCCCCCC/C=C\C/C=C\C/C=C\CCCCCCC. The standard InChI is InChI=1S/C66H110O6/c1-4-7-10-13-16-19-22-24-26-28-30-31-32-33-34-35-37-38-40-42-44-47-50-53-56-59-65(68)71-62-63(61-70-64(67)58-55-52-49-46-21-18-15-12-9-6-3)72-66(69)60-57-54-51-48-45-43-41-39-36-29-27-25-23-20-17-14-11-8-5-2/h8,11-12,15,17,20,22,24-25,27-28,30,32-33,36,39,43,45,63H,4-7,9-10,13-14,16,18-19,21,23,26,29,31,34-35,37-38,40-42,44,46-62H2,1-3H3/b11-8-,15-12-,20-17-,24-22-,27-25-,30-28-,33-32-,39-36-,45-43-. The third kappa shape index (κ3) is 57.0. The molecule has 0 radical (unpaired) electrons. The molecule has 6 heteroatoms. The van der Waals surface area contributed by atoms with Crippen LogP contribution in [0.1, 0.15) is 271 Å². The van der Waals surface area contributed by atoms with Crippen LogP contribution in [0.3, 0.4) is 0 Å². The van der Waals surface area contributed by atoms with Gasteiger partial charge >= 0.3 is 17.9 Å². The Balaban J connectivity index is 4.34. The van der Waals surface area contributed by atoms with Crippen LogP contribution in [-0.2, 0) is 28.6 Å². The maximum atomic E-state index is 12.8. The van der Waals surface area contributed by atoms with Gasteiger partial charge in [0.2, 0.25) is 0 Å². The number of carbonyl (C=O) groups is 3. The molecular formula is C66H110O6. The van der Waals surface area contributed by atoms with Crippen LogP contribution < -0.4 is 0 Å². The number of unbranched alkanes of at least 4 members (excludes halogenated alkanes) is 24. The lowest BCUT2D eigenvalue weighted by molar-refractivity contribution is -0.167. The van der Waals surface area contributed by atoms with Crippen molar-refractivity contribution in [3.05, 3.63) is 109 Å². The molecule has 1 atom stereocenters. The summed E-state index contributed by atoms with van der Waals surface area (Å²) >= 11 is 0. The van der Waals surface area contributed by atoms with Gasteiger partial charge in [-0.15, -0.1) is 0 Å². The smallest absolute Gasteiger partial charge is 0.306 e. The van der Waals surface area contributed by atoms with Crippen LogP contribution in [0.15, 0.2) is 109 Å². The van der Waals surface area contributed by atoms with Crippen molar-refractivity contribution in [3.63, 3.8) is 0 Å². The summed E-state index contributed by atoms with van der Waals surface area (Å²) < 4.78 is 16.8. The number of rotatable bonds is 53. The third-order valence-corrected chi connectivity index (χ3v) is 12.5. The highest BCUT2D eigenvalue weighted by molar-refractivity contribution is 5.71. The van der Waals surface area contributed by atoms with Crippen LogP contribution in [0.25, 0.3) is 0 Å². The van der Waals surface area contributed by atoms with Crippen LogP contribution >= 0.6 is 0 Å². The fourth-order valence-electron chi connectivity index (χ4n) is 8.01. The molecule has 0 aromatic rings. The summed E-state index contributed by atoms with van der Waals surface area (Å²) in [5.74, 6) is -0.944. The topological polar surface area (TPSA) is 78.9 Å². The van der Waals surface area contributed by atoms with E-state index in [0.29, 0.717) is 12.8 Å². The normalized spacial score (nSPS) is 12.9. The first kappa shape index (κ1) is 68.1. The number of allylic oxidation sites excluding steroid dienone is 18. The molecular weight excluding hydrogens is 889 g/mol. The van der Waals surface area contributed by atoms with E-state index in [1.807, 2.05) is 0 Å². The van der Waals surface area contributed by atoms with Gasteiger partial charge in [0, 0.05) is 19.3 Å². The largest absolute Gasteiger partial charge is 0.462 e. The summed E-state index contributed by atoms with van der Waals surface area (Å²) in [4.78, 5) is 38.1. The molecule has 0 saturated carbocycles. The molecule has 0 aliphatic heterocycles. The highest BCUT2D eigenvalue weighted by atomic mass is 16.6. The van der Waals surface area contributed by atoms with E-state index < -0.39 is 6.10 Å². The minimum Gasteiger partial charge on any atom is -0.462 e. The molecule has 0 rings (SSSR count). The molecule has 0 N–H and O–H groups in total. The quantitative estimate of drug-likeness (QED) is 0.0261. The Morgan fingerprint density at radius 3 is 0.931 bits per heavy atom. The highest BCUT2D eigenvalue weighted by Gasteiger charge is 2.19. The second kappa shape index (κ2) is 59.6. The first-order valence-electron chi connectivity index (χ1n) is 29.9. The Hall–Kier alpha value is -3.93. The van der Waals surface area contributed by atoms with Gasteiger partial charge in [0.15, 0.2) is 6.10 Å². The lowest BCUT2D eigenvalue weighted by Crippen LogP contribution is -2.30. The number of hydrogen-bond acceptors (Lipinski definition) is 6. The second-order valence-electron chi connectivity index (χ2n) is 19.5. The van der Waals surface area contributed by atoms with E-state index in [1.165, 1.54) is 103 Å². The van der Waals surface area contributed by atoms with Gasteiger partial charge in [-0.1, -0.05) is 239 Å². The lowest BCUT2D eigenvalue weighted by atomic mass is 10.1. The third-order valence-electron chi connectivity index (χ3n) is 12.5. The van der Waals surface area contributed by atoms with Gasteiger partial charge in [0.05, 0.1) is 0 Å². The lowest BCUT2D eigenvalue weighted by Gasteiger charge is -2.18. The predicted molar refractivity (Wildman–Crippen MR) is 311 cm³/mol. The molecule has 1 unspecified atom stereocenters. The van der Waals surface area contributed by atoms with E-state index in [1.54, 1.807) is 0 Å². The van der Waals surface area contributed by atoms with Crippen molar-refractivity contribution in [2.75, 3.05) is 13.2 Å². The maximum absolute atomic E-state index is 12.8. The Kier molecular flexibility index (Phi) is 56.4. The van der Waals surface area contributed by atoms with E-state index in [0.717, 1.165) is 128 Å². The Labute approximate surface area is 444 Å². The zero-order chi connectivity index (χ0) is 52.2. The monoisotopic (exact) mass is 999 g/mol. The van der Waals surface area contributed by atoms with Crippen molar-refractivity contribution >= 4 is 17.9 Å². The summed E-state index contributed by atoms with van der Waals surface area (Å²) in [5, 5.41) is 0. The number of carbonyl (C=O) groups excluding carboxylic acids is 3. The van der Waals surface area contributed by atoms with Crippen LogP contribution in [0.2, 0.25) is 0 Å². The summed E-state index contributed by atoms with van der Waals surface area (Å²) in [5.41, 5.74) is 0. The summed E-state index contributed by atoms with van der Waals surface area (Å²) in [6.45, 7) is 6.42. The Bertz CT molecular complexity index is 1470. The molecule has 0 saturated heterocycles. The first-order valence-corrected chi connectivity index (χ1v) is 29.9. The fraction of sp³-hybridized carbons (Fsp3) is 0.682. The van der Waals surface area contributed by atoms with Gasteiger partial charge in [-0.3, -0.25) is 14.4 Å². The second-order valence-corrected chi connectivity index (χ2v) is 19.5. The fourth-order valence-corrected chi connectivity index (χ4v) is 8.01. The van der Waals surface area contributed by atoms with Crippen molar-refractivity contribution in [1.29, 1.82) is 0 Å². The van der Waals surface area contributed by atoms with E-state index >= 15 is 0 Å². The molecule has 0 amide bonds. The van der Waals surface area contributed by atoms with Crippen molar-refractivity contribution < 1.29 is 28.6 Å². The first-order chi connectivity index (χ1) is 35.5. The molecule has 0 spiro atoms. The summed E-state index contributed by atoms with van der Waals surface area (Å²) in [6, 6.07) is 0. The van der Waals surface area contributed by atoms with E-state index in [4.69, 9.17) is 14.2 Å². The van der Waals surface area contributed by atoms with Gasteiger partial charge in [-0.2, -0.15) is 0 Å². The zero-order valence-corrected chi connectivity index (χ0v) is 46.9. The van der Waals surface area contributed by atoms with Crippen LogP contribution in [0, 0.1) is 0 Å². The van der Waals surface area contributed by atoms with Crippen LogP contribution in [0.5, 0.6) is 0 Å². The average molecular weight is 1000 g/mol. The molecule has 0 aliphatic rings. The average Bonchev–Trinajstić information content (AvgIpc) is 3.38. The minimum absolute atomic E-state index is 0.0975. The van der Waals surface area contributed by atoms with Crippen LogP contribution in [0.4, 0.5) is 0 Å². The van der Waals surface area contributed by atoms with Crippen molar-refractivity contribution in [1.82, 2.24) is 0 Å². The van der Waals surface area contributed by atoms with Crippen molar-refractivity contribution in [3.8, 4) is 0 Å². The molecule has 72 heavy (non-hydrogen) atoms. The minimum atomic E-state index is -0.802. The predicted octanol–water partition coefficient (Wildman–Crippen LogP) is 20.3. The molecule has 410 valence electrons. The Morgan fingerprint density at radius 2 is 0.569 bits per heavy atom. The van der Waals surface area contributed by atoms with Gasteiger partial charge in [0.1, 0.15) is 13.2 Å². The number of hydrogen-bond donors (Lipinski definition) is 0. The van der Waals surface area contributed by atoms with Crippen LogP contribution in [-0.4, -0.2) is 37.2 Å². The van der Waals surface area contributed by atoms with E-state index in [-0.39, 0.29) is 37.5 Å². The highest BCUT2D eigenvalue weighted by Crippen LogP contribution is 2.15. The van der Waals surface area contributed by atoms with E-state index in [9.17, 15) is 14.4 Å². The summed E-state index contributed by atoms with van der Waals surface area (Å²) in [7, 11) is 0. The summed E-state index contributed by atoms with van der Waals surface area (Å²) in [6.07, 6.45) is 80.9. The zero-order valence-electron chi connectivity index (χ0n) is 46.9. The maximum Gasteiger partial charge on any atom is 0.306 e. The van der Waals surface area contributed by atoms with E-state index in [2.05, 4.69) is 130 Å². The van der Waals surface area contributed by atoms with Gasteiger partial charge in [0.25, 0.3) is 0 Å². The molecule has 6 nitrogen and oxygen atoms in total.